The third-order valence-corrected chi connectivity index (χ3v) is 5.52. The van der Waals surface area contributed by atoms with E-state index in [2.05, 4.69) is 10.2 Å². The van der Waals surface area contributed by atoms with E-state index in [4.69, 9.17) is 0 Å². The Balaban J connectivity index is 2.07. The molecule has 0 aromatic heterocycles. The summed E-state index contributed by atoms with van der Waals surface area (Å²) in [4.78, 5) is 2.17. The lowest BCUT2D eigenvalue weighted by Crippen LogP contribution is -2.53. The van der Waals surface area contributed by atoms with Crippen molar-refractivity contribution in [2.24, 2.45) is 0 Å². The van der Waals surface area contributed by atoms with Gasteiger partial charge in [0.1, 0.15) is 0 Å². The largest absolute Gasteiger partial charge is 0.390 e. The van der Waals surface area contributed by atoms with Crippen LogP contribution in [0.1, 0.15) is 19.8 Å². The van der Waals surface area contributed by atoms with Gasteiger partial charge in [0.25, 0.3) is 0 Å². The molecule has 0 bridgehead atoms. The normalized spacial score (nSPS) is 37.5. The van der Waals surface area contributed by atoms with Gasteiger partial charge in [0.2, 0.25) is 0 Å². The highest BCUT2D eigenvalue weighted by Gasteiger charge is 2.41. The molecule has 2 rings (SSSR count). The van der Waals surface area contributed by atoms with Gasteiger partial charge in [0.15, 0.2) is 9.84 Å². The number of piperidine rings is 1. The van der Waals surface area contributed by atoms with Crippen molar-refractivity contribution in [3.05, 3.63) is 0 Å². The lowest BCUT2D eigenvalue weighted by molar-refractivity contribution is 0.0491. The minimum atomic E-state index is -3.05. The van der Waals surface area contributed by atoms with Gasteiger partial charge in [-0.15, -0.1) is 0 Å². The Morgan fingerprint density at radius 3 is 2.65 bits per heavy atom. The molecule has 0 aromatic carbocycles. The SMILES string of the molecule is CCN(C1CCCNC1)C1CS(=O)(=O)CC1O. The van der Waals surface area contributed by atoms with Crippen molar-refractivity contribution in [2.45, 2.75) is 38.0 Å². The molecule has 2 N–H and O–H groups in total. The summed E-state index contributed by atoms with van der Waals surface area (Å²) in [7, 11) is -3.05. The van der Waals surface area contributed by atoms with Gasteiger partial charge in [-0.1, -0.05) is 6.92 Å². The average molecular weight is 262 g/mol. The van der Waals surface area contributed by atoms with E-state index in [0.29, 0.717) is 6.04 Å². The number of sulfone groups is 1. The molecule has 2 saturated heterocycles. The highest BCUT2D eigenvalue weighted by atomic mass is 32.2. The van der Waals surface area contributed by atoms with E-state index in [1.807, 2.05) is 6.92 Å². The monoisotopic (exact) mass is 262 g/mol. The van der Waals surface area contributed by atoms with Gasteiger partial charge in [-0.3, -0.25) is 4.90 Å². The van der Waals surface area contributed by atoms with Crippen LogP contribution in [-0.4, -0.2) is 67.8 Å². The Morgan fingerprint density at radius 1 is 1.41 bits per heavy atom. The fourth-order valence-electron chi connectivity index (χ4n) is 3.01. The van der Waals surface area contributed by atoms with Gasteiger partial charge in [-0.05, 0) is 25.9 Å². The van der Waals surface area contributed by atoms with Gasteiger partial charge in [-0.2, -0.15) is 0 Å². The van der Waals surface area contributed by atoms with Gasteiger partial charge >= 0.3 is 0 Å². The van der Waals surface area contributed by atoms with Gasteiger partial charge < -0.3 is 10.4 Å². The summed E-state index contributed by atoms with van der Waals surface area (Å²) in [5, 5.41) is 13.3. The average Bonchev–Trinajstić information content (AvgIpc) is 2.55. The molecule has 0 aromatic rings. The third kappa shape index (κ3) is 2.99. The van der Waals surface area contributed by atoms with E-state index in [9.17, 15) is 13.5 Å². The van der Waals surface area contributed by atoms with E-state index in [1.165, 1.54) is 0 Å². The topological polar surface area (TPSA) is 69.6 Å². The molecule has 3 unspecified atom stereocenters. The zero-order valence-electron chi connectivity index (χ0n) is 10.3. The minimum absolute atomic E-state index is 0.0751. The summed E-state index contributed by atoms with van der Waals surface area (Å²) >= 11 is 0. The summed E-state index contributed by atoms with van der Waals surface area (Å²) in [6.45, 7) is 4.77. The molecule has 6 heteroatoms. The smallest absolute Gasteiger partial charge is 0.154 e. The van der Waals surface area contributed by atoms with Crippen LogP contribution in [0.5, 0.6) is 0 Å². The molecule has 2 fully saturated rings. The molecular formula is C11H22N2O3S. The van der Waals surface area contributed by atoms with Gasteiger partial charge in [0, 0.05) is 12.6 Å². The van der Waals surface area contributed by atoms with Crippen LogP contribution in [0.15, 0.2) is 0 Å². The molecule has 100 valence electrons. The fourth-order valence-corrected chi connectivity index (χ4v) is 4.82. The van der Waals surface area contributed by atoms with Crippen molar-refractivity contribution in [1.82, 2.24) is 10.2 Å². The molecule has 2 heterocycles. The molecule has 3 atom stereocenters. The number of hydrogen-bond acceptors (Lipinski definition) is 5. The van der Waals surface area contributed by atoms with Crippen molar-refractivity contribution < 1.29 is 13.5 Å². The lowest BCUT2D eigenvalue weighted by Gasteiger charge is -2.38. The Bertz CT molecular complexity index is 352. The van der Waals surface area contributed by atoms with Crippen LogP contribution in [0.25, 0.3) is 0 Å². The van der Waals surface area contributed by atoms with Crippen LogP contribution in [-0.2, 0) is 9.84 Å². The Kier molecular flexibility index (Phi) is 4.07. The third-order valence-electron chi connectivity index (χ3n) is 3.82. The maximum atomic E-state index is 11.6. The fraction of sp³-hybridized carbons (Fsp3) is 1.00. The van der Waals surface area contributed by atoms with Gasteiger partial charge in [0.05, 0.1) is 23.7 Å². The summed E-state index contributed by atoms with van der Waals surface area (Å²) < 4.78 is 23.1. The van der Waals surface area contributed by atoms with Crippen LogP contribution >= 0.6 is 0 Å². The number of hydrogen-bond donors (Lipinski definition) is 2. The maximum absolute atomic E-state index is 11.6. The molecule has 0 saturated carbocycles. The van der Waals surface area contributed by atoms with Crippen molar-refractivity contribution in [3.8, 4) is 0 Å². The van der Waals surface area contributed by atoms with E-state index in [0.717, 1.165) is 32.5 Å². The van der Waals surface area contributed by atoms with Crippen molar-refractivity contribution in [1.29, 1.82) is 0 Å². The van der Waals surface area contributed by atoms with Crippen molar-refractivity contribution in [3.63, 3.8) is 0 Å². The second-order valence-corrected chi connectivity index (χ2v) is 7.20. The Hall–Kier alpha value is -0.170. The first-order valence-corrected chi connectivity index (χ1v) is 8.20. The van der Waals surface area contributed by atoms with E-state index < -0.39 is 15.9 Å². The maximum Gasteiger partial charge on any atom is 0.154 e. The Labute approximate surface area is 103 Å². The Morgan fingerprint density at radius 2 is 2.18 bits per heavy atom. The highest BCUT2D eigenvalue weighted by molar-refractivity contribution is 7.91. The van der Waals surface area contributed by atoms with E-state index in [1.54, 1.807) is 0 Å². The number of aliphatic hydroxyl groups is 1. The molecule has 17 heavy (non-hydrogen) atoms. The first-order valence-electron chi connectivity index (χ1n) is 6.38. The van der Waals surface area contributed by atoms with Gasteiger partial charge in [-0.25, -0.2) is 8.42 Å². The summed E-state index contributed by atoms with van der Waals surface area (Å²) in [5.74, 6) is 0.0345. The number of aliphatic hydroxyl groups excluding tert-OH is 1. The summed E-state index contributed by atoms with van der Waals surface area (Å²) in [6.07, 6.45) is 1.49. The first-order chi connectivity index (χ1) is 8.03. The predicted molar refractivity (Wildman–Crippen MR) is 66.7 cm³/mol. The van der Waals surface area contributed by atoms with Crippen LogP contribution in [0.3, 0.4) is 0 Å². The zero-order valence-corrected chi connectivity index (χ0v) is 11.1. The lowest BCUT2D eigenvalue weighted by atomic mass is 10.0. The first kappa shape index (κ1) is 13.3. The van der Waals surface area contributed by atoms with Crippen LogP contribution < -0.4 is 5.32 Å². The standard InChI is InChI=1S/C11H22N2O3S/c1-2-13(9-4-3-5-12-6-9)10-7-17(15,16)8-11(10)14/h9-12,14H,2-8H2,1H3. The van der Waals surface area contributed by atoms with Crippen molar-refractivity contribution in [2.75, 3.05) is 31.1 Å². The second kappa shape index (κ2) is 5.22. The number of nitrogens with one attached hydrogen (secondary N) is 1. The highest BCUT2D eigenvalue weighted by Crippen LogP contribution is 2.22. The van der Waals surface area contributed by atoms with Crippen molar-refractivity contribution >= 4 is 9.84 Å². The molecule has 0 amide bonds. The van der Waals surface area contributed by atoms with Crippen LogP contribution in [0.2, 0.25) is 0 Å². The predicted octanol–water partition coefficient (Wildman–Crippen LogP) is -0.782. The quantitative estimate of drug-likeness (QED) is 0.698. The minimum Gasteiger partial charge on any atom is -0.390 e. The molecule has 5 nitrogen and oxygen atoms in total. The number of nitrogens with zero attached hydrogens (tertiary/aromatic N) is 1. The molecule has 0 aliphatic carbocycles. The molecule has 0 radical (unpaired) electrons. The summed E-state index contributed by atoms with van der Waals surface area (Å²) in [5.41, 5.74) is 0. The van der Waals surface area contributed by atoms with E-state index in [-0.39, 0.29) is 17.5 Å². The zero-order chi connectivity index (χ0) is 12.5. The second-order valence-electron chi connectivity index (χ2n) is 5.04. The summed E-state index contributed by atoms with van der Waals surface area (Å²) in [6, 6.07) is 0.150. The number of likely N-dealkylation sites (N-methyl/N-ethyl adjacent to an activating group) is 1. The molecule has 2 aliphatic rings. The van der Waals surface area contributed by atoms with E-state index >= 15 is 0 Å². The molecular weight excluding hydrogens is 240 g/mol. The molecule has 2 aliphatic heterocycles. The number of rotatable bonds is 3. The molecule has 0 spiro atoms. The van der Waals surface area contributed by atoms with Crippen LogP contribution in [0, 0.1) is 0 Å². The van der Waals surface area contributed by atoms with Crippen LogP contribution in [0.4, 0.5) is 0 Å².